The van der Waals surface area contributed by atoms with Gasteiger partial charge in [0.05, 0.1) is 11.2 Å². The van der Waals surface area contributed by atoms with Crippen LogP contribution in [0, 0.1) is 5.82 Å². The molecule has 0 N–H and O–H groups in total. The molecule has 0 unspecified atom stereocenters. The second kappa shape index (κ2) is 4.13. The van der Waals surface area contributed by atoms with Gasteiger partial charge in [-0.1, -0.05) is 23.2 Å². The predicted octanol–water partition coefficient (Wildman–Crippen LogP) is 3.59. The zero-order chi connectivity index (χ0) is 10.8. The molecule has 0 atom stereocenters. The molecule has 0 saturated heterocycles. The van der Waals surface area contributed by atoms with Gasteiger partial charge >= 0.3 is 0 Å². The Morgan fingerprint density at radius 1 is 1.07 bits per heavy atom. The summed E-state index contributed by atoms with van der Waals surface area (Å²) in [5, 5.41) is 0.480. The fourth-order valence-corrected chi connectivity index (χ4v) is 1.30. The molecule has 0 aliphatic rings. The minimum absolute atomic E-state index is 0.186. The maximum Gasteiger partial charge on any atom is 0.160 e. The Hall–Kier alpha value is -1.19. The first-order valence-corrected chi connectivity index (χ1v) is 4.86. The molecule has 0 spiro atoms. The topological polar surface area (TPSA) is 25.8 Å². The predicted molar refractivity (Wildman–Crippen MR) is 57.4 cm³/mol. The second-order valence-corrected chi connectivity index (χ2v) is 3.60. The van der Waals surface area contributed by atoms with Gasteiger partial charge in [-0.3, -0.25) is 0 Å². The highest BCUT2D eigenvalue weighted by Gasteiger charge is 2.05. The van der Waals surface area contributed by atoms with Gasteiger partial charge in [0.1, 0.15) is 5.82 Å². The zero-order valence-electron chi connectivity index (χ0n) is 7.42. The molecule has 2 aromatic rings. The molecular weight excluding hydrogens is 238 g/mol. The summed E-state index contributed by atoms with van der Waals surface area (Å²) in [6.07, 6.45) is 1.41. The Bertz CT molecular complexity index is 485. The Kier molecular flexibility index (Phi) is 2.84. The molecule has 2 rings (SSSR count). The van der Waals surface area contributed by atoms with E-state index in [-0.39, 0.29) is 11.0 Å². The number of benzene rings is 1. The first kappa shape index (κ1) is 10.3. The van der Waals surface area contributed by atoms with Crippen LogP contribution >= 0.6 is 23.2 Å². The van der Waals surface area contributed by atoms with E-state index in [4.69, 9.17) is 23.2 Å². The highest BCUT2D eigenvalue weighted by Crippen LogP contribution is 2.22. The van der Waals surface area contributed by atoms with Gasteiger partial charge in [0.2, 0.25) is 0 Å². The van der Waals surface area contributed by atoms with E-state index in [1.807, 2.05) is 0 Å². The van der Waals surface area contributed by atoms with Gasteiger partial charge in [-0.25, -0.2) is 14.4 Å². The molecule has 0 amide bonds. The second-order valence-electron chi connectivity index (χ2n) is 2.84. The molecule has 15 heavy (non-hydrogen) atoms. The molecule has 0 fully saturated rings. The third-order valence-corrected chi connectivity index (χ3v) is 2.47. The van der Waals surface area contributed by atoms with Crippen LogP contribution in [0.4, 0.5) is 4.39 Å². The third kappa shape index (κ3) is 2.25. The Labute approximate surface area is 95.7 Å². The summed E-state index contributed by atoms with van der Waals surface area (Å²) in [5.74, 6) is 0.114. The van der Waals surface area contributed by atoms with E-state index in [0.29, 0.717) is 16.4 Å². The lowest BCUT2D eigenvalue weighted by Crippen LogP contribution is -1.89. The summed E-state index contributed by atoms with van der Waals surface area (Å²) in [6.45, 7) is 0. The number of hydrogen-bond donors (Lipinski definition) is 0. The highest BCUT2D eigenvalue weighted by molar-refractivity contribution is 6.41. The number of halogens is 3. The van der Waals surface area contributed by atoms with Crippen LogP contribution in [0.25, 0.3) is 11.4 Å². The Morgan fingerprint density at radius 2 is 1.73 bits per heavy atom. The first-order valence-electron chi connectivity index (χ1n) is 4.11. The SMILES string of the molecule is Fc1ccc(-c2ncc(Cl)c(Cl)n2)cc1. The molecule has 0 aliphatic heterocycles. The summed E-state index contributed by atoms with van der Waals surface area (Å²) in [4.78, 5) is 7.96. The monoisotopic (exact) mass is 242 g/mol. The maximum absolute atomic E-state index is 12.7. The minimum Gasteiger partial charge on any atom is -0.235 e. The van der Waals surface area contributed by atoms with Crippen LogP contribution in [0.5, 0.6) is 0 Å². The van der Waals surface area contributed by atoms with Crippen molar-refractivity contribution in [2.75, 3.05) is 0 Å². The Balaban J connectivity index is 2.45. The number of hydrogen-bond acceptors (Lipinski definition) is 2. The fourth-order valence-electron chi connectivity index (χ4n) is 1.08. The van der Waals surface area contributed by atoms with E-state index in [0.717, 1.165) is 0 Å². The average molecular weight is 243 g/mol. The van der Waals surface area contributed by atoms with Gasteiger partial charge in [0.15, 0.2) is 11.0 Å². The van der Waals surface area contributed by atoms with Crippen LogP contribution in [0.3, 0.4) is 0 Å². The molecule has 76 valence electrons. The van der Waals surface area contributed by atoms with Crippen molar-refractivity contribution in [1.82, 2.24) is 9.97 Å². The molecule has 2 nitrogen and oxygen atoms in total. The summed E-state index contributed by atoms with van der Waals surface area (Å²) in [5.41, 5.74) is 0.690. The lowest BCUT2D eigenvalue weighted by atomic mass is 10.2. The van der Waals surface area contributed by atoms with Gasteiger partial charge in [-0.15, -0.1) is 0 Å². The van der Waals surface area contributed by atoms with Crippen molar-refractivity contribution in [3.8, 4) is 11.4 Å². The smallest absolute Gasteiger partial charge is 0.160 e. The van der Waals surface area contributed by atoms with E-state index in [1.54, 1.807) is 12.1 Å². The molecule has 0 saturated carbocycles. The fraction of sp³-hybridized carbons (Fsp3) is 0. The largest absolute Gasteiger partial charge is 0.235 e. The first-order chi connectivity index (χ1) is 7.16. The molecule has 5 heteroatoms. The number of rotatable bonds is 1. The van der Waals surface area contributed by atoms with Crippen molar-refractivity contribution in [1.29, 1.82) is 0 Å². The van der Waals surface area contributed by atoms with Crippen LogP contribution in [-0.4, -0.2) is 9.97 Å². The number of nitrogens with zero attached hydrogens (tertiary/aromatic N) is 2. The van der Waals surface area contributed by atoms with Gasteiger partial charge in [0.25, 0.3) is 0 Å². The maximum atomic E-state index is 12.7. The minimum atomic E-state index is -0.307. The molecule has 1 aromatic carbocycles. The standard InChI is InChI=1S/C10H5Cl2FN2/c11-8-5-14-10(15-9(8)12)6-1-3-7(13)4-2-6/h1-5H. The molecule has 0 aliphatic carbocycles. The summed E-state index contributed by atoms with van der Waals surface area (Å²) in [6, 6.07) is 5.83. The van der Waals surface area contributed by atoms with Crippen molar-refractivity contribution in [2.45, 2.75) is 0 Å². The average Bonchev–Trinajstić information content (AvgIpc) is 2.23. The number of aromatic nitrogens is 2. The van der Waals surface area contributed by atoms with Crippen molar-refractivity contribution in [3.63, 3.8) is 0 Å². The highest BCUT2D eigenvalue weighted by atomic mass is 35.5. The van der Waals surface area contributed by atoms with Gasteiger partial charge < -0.3 is 0 Å². The van der Waals surface area contributed by atoms with E-state index in [2.05, 4.69) is 9.97 Å². The normalized spacial score (nSPS) is 10.3. The summed E-state index contributed by atoms with van der Waals surface area (Å²) >= 11 is 11.4. The van der Waals surface area contributed by atoms with E-state index >= 15 is 0 Å². The van der Waals surface area contributed by atoms with Gasteiger partial charge in [-0.2, -0.15) is 0 Å². The van der Waals surface area contributed by atoms with Crippen molar-refractivity contribution >= 4 is 23.2 Å². The lowest BCUT2D eigenvalue weighted by molar-refractivity contribution is 0.628. The molecule has 0 radical (unpaired) electrons. The summed E-state index contributed by atoms with van der Waals surface area (Å²) < 4.78 is 12.7. The van der Waals surface area contributed by atoms with Crippen LogP contribution < -0.4 is 0 Å². The quantitative estimate of drug-likeness (QED) is 0.715. The Morgan fingerprint density at radius 3 is 2.33 bits per heavy atom. The molecule has 0 bridgehead atoms. The van der Waals surface area contributed by atoms with Crippen molar-refractivity contribution in [2.24, 2.45) is 0 Å². The van der Waals surface area contributed by atoms with Crippen LogP contribution in [-0.2, 0) is 0 Å². The van der Waals surface area contributed by atoms with Crippen molar-refractivity contribution < 1.29 is 4.39 Å². The van der Waals surface area contributed by atoms with Crippen LogP contribution in [0.2, 0.25) is 10.2 Å². The van der Waals surface area contributed by atoms with Gasteiger partial charge in [0, 0.05) is 5.56 Å². The van der Waals surface area contributed by atoms with Crippen molar-refractivity contribution in [3.05, 3.63) is 46.5 Å². The van der Waals surface area contributed by atoms with E-state index in [9.17, 15) is 4.39 Å². The van der Waals surface area contributed by atoms with Crippen LogP contribution in [0.15, 0.2) is 30.5 Å². The molecule has 1 aromatic heterocycles. The molecular formula is C10H5Cl2FN2. The zero-order valence-corrected chi connectivity index (χ0v) is 8.93. The summed E-state index contributed by atoms with van der Waals surface area (Å²) in [7, 11) is 0. The lowest BCUT2D eigenvalue weighted by Gasteiger charge is -2.00. The van der Waals surface area contributed by atoms with E-state index < -0.39 is 0 Å². The van der Waals surface area contributed by atoms with E-state index in [1.165, 1.54) is 18.3 Å². The third-order valence-electron chi connectivity index (χ3n) is 1.80. The molecule has 1 heterocycles. The van der Waals surface area contributed by atoms with Gasteiger partial charge in [-0.05, 0) is 24.3 Å². The van der Waals surface area contributed by atoms with Crippen LogP contribution in [0.1, 0.15) is 0 Å².